The minimum absolute atomic E-state index is 0.108. The summed E-state index contributed by atoms with van der Waals surface area (Å²) < 4.78 is 11.9. The number of ether oxygens (including phenoxy) is 2. The third-order valence-electron chi connectivity index (χ3n) is 4.59. The van der Waals surface area contributed by atoms with E-state index in [1.165, 1.54) is 37.5 Å². The Balaban J connectivity index is 1.80. The lowest BCUT2D eigenvalue weighted by molar-refractivity contribution is -0.384. The smallest absolute Gasteiger partial charge is 0.269 e. The van der Waals surface area contributed by atoms with E-state index >= 15 is 0 Å². The molecule has 1 amide bonds. The molecule has 0 fully saturated rings. The Morgan fingerprint density at radius 2 is 1.94 bits per heavy atom. The van der Waals surface area contributed by atoms with Gasteiger partial charge in [-0.05, 0) is 57.9 Å². The number of hydrogen-bond acceptors (Lipinski definition) is 6. The summed E-state index contributed by atoms with van der Waals surface area (Å²) in [6.45, 7) is 0.213. The second-order valence-electron chi connectivity index (χ2n) is 6.84. The lowest BCUT2D eigenvalue weighted by atomic mass is 10.1. The van der Waals surface area contributed by atoms with E-state index in [0.717, 1.165) is 5.56 Å². The molecule has 3 aromatic carbocycles. The molecule has 0 spiro atoms. The number of benzene rings is 3. The average Bonchev–Trinajstić information content (AvgIpc) is 2.82. The van der Waals surface area contributed by atoms with Gasteiger partial charge in [0.1, 0.15) is 18.2 Å². The van der Waals surface area contributed by atoms with E-state index in [9.17, 15) is 20.2 Å². The van der Waals surface area contributed by atoms with Crippen LogP contribution in [0.1, 0.15) is 11.1 Å². The Labute approximate surface area is 208 Å². The van der Waals surface area contributed by atoms with Crippen molar-refractivity contribution >= 4 is 50.9 Å². The lowest BCUT2D eigenvalue weighted by Gasteiger charge is -2.14. The first-order valence-electron chi connectivity index (χ1n) is 9.73. The number of nitrogens with zero attached hydrogens (tertiary/aromatic N) is 2. The molecule has 3 aromatic rings. The van der Waals surface area contributed by atoms with Crippen molar-refractivity contribution in [1.29, 1.82) is 5.26 Å². The van der Waals surface area contributed by atoms with Gasteiger partial charge in [0.25, 0.3) is 11.6 Å². The standard InChI is InChI=1S/C24H17BrClN3O5/c1-33-22-12-15(11-20(25)23(22)34-14-16-4-2-3-5-21(16)26)10-17(13-27)24(30)28-18-6-8-19(9-7-18)29(31)32/h2-12H,14H2,1H3,(H,28,30). The van der Waals surface area contributed by atoms with E-state index in [0.29, 0.717) is 32.2 Å². The summed E-state index contributed by atoms with van der Waals surface area (Å²) in [5, 5.41) is 23.4. The molecular weight excluding hydrogens is 526 g/mol. The van der Waals surface area contributed by atoms with Gasteiger partial charge in [0.05, 0.1) is 16.5 Å². The van der Waals surface area contributed by atoms with Gasteiger partial charge in [0.15, 0.2) is 11.5 Å². The predicted octanol–water partition coefficient (Wildman–Crippen LogP) is 6.14. The summed E-state index contributed by atoms with van der Waals surface area (Å²) in [7, 11) is 1.48. The van der Waals surface area contributed by atoms with E-state index in [-0.39, 0.29) is 17.9 Å². The van der Waals surface area contributed by atoms with Crippen LogP contribution in [-0.4, -0.2) is 17.9 Å². The quantitative estimate of drug-likeness (QED) is 0.158. The van der Waals surface area contributed by atoms with Crippen LogP contribution in [0.4, 0.5) is 11.4 Å². The summed E-state index contributed by atoms with van der Waals surface area (Å²) in [6, 6.07) is 17.8. The molecule has 0 aliphatic rings. The van der Waals surface area contributed by atoms with Crippen LogP contribution in [0.3, 0.4) is 0 Å². The average molecular weight is 543 g/mol. The molecule has 0 unspecified atom stereocenters. The molecule has 3 rings (SSSR count). The molecule has 0 atom stereocenters. The number of rotatable bonds is 8. The molecule has 0 bridgehead atoms. The number of nitriles is 1. The molecule has 1 N–H and O–H groups in total. The molecule has 8 nitrogen and oxygen atoms in total. The SMILES string of the molecule is COc1cc(C=C(C#N)C(=O)Nc2ccc([N+](=O)[O-])cc2)cc(Br)c1OCc1ccccc1Cl. The van der Waals surface area contributed by atoms with Crippen LogP contribution in [0.2, 0.25) is 5.02 Å². The van der Waals surface area contributed by atoms with Crippen molar-refractivity contribution in [3.8, 4) is 17.6 Å². The zero-order valence-corrected chi connectivity index (χ0v) is 20.1. The van der Waals surface area contributed by atoms with Crippen molar-refractivity contribution in [1.82, 2.24) is 0 Å². The van der Waals surface area contributed by atoms with Crippen LogP contribution in [0.25, 0.3) is 6.08 Å². The maximum absolute atomic E-state index is 12.5. The summed E-state index contributed by atoms with van der Waals surface area (Å²) in [5.41, 5.74) is 1.36. The second kappa shape index (κ2) is 11.3. The molecule has 0 aliphatic heterocycles. The molecule has 0 saturated heterocycles. The molecule has 34 heavy (non-hydrogen) atoms. The van der Waals surface area contributed by atoms with Crippen LogP contribution >= 0.6 is 27.5 Å². The maximum atomic E-state index is 12.5. The number of nitro benzene ring substituents is 1. The fourth-order valence-corrected chi connectivity index (χ4v) is 3.67. The molecule has 0 aliphatic carbocycles. The van der Waals surface area contributed by atoms with Gasteiger partial charge < -0.3 is 14.8 Å². The zero-order valence-electron chi connectivity index (χ0n) is 17.7. The van der Waals surface area contributed by atoms with Crippen LogP contribution in [0.15, 0.2) is 70.7 Å². The highest BCUT2D eigenvalue weighted by Gasteiger charge is 2.15. The van der Waals surface area contributed by atoms with E-state index < -0.39 is 10.8 Å². The Hall–Kier alpha value is -3.87. The number of non-ortho nitro benzene ring substituents is 1. The fourth-order valence-electron chi connectivity index (χ4n) is 2.91. The van der Waals surface area contributed by atoms with Crippen molar-refractivity contribution in [2.24, 2.45) is 0 Å². The highest BCUT2D eigenvalue weighted by molar-refractivity contribution is 9.10. The van der Waals surface area contributed by atoms with Crippen molar-refractivity contribution in [3.63, 3.8) is 0 Å². The highest BCUT2D eigenvalue weighted by atomic mass is 79.9. The van der Waals surface area contributed by atoms with E-state index in [4.69, 9.17) is 21.1 Å². The zero-order chi connectivity index (χ0) is 24.7. The lowest BCUT2D eigenvalue weighted by Crippen LogP contribution is -2.13. The van der Waals surface area contributed by atoms with Crippen molar-refractivity contribution < 1.29 is 19.2 Å². The molecule has 0 aromatic heterocycles. The van der Waals surface area contributed by atoms with Crippen molar-refractivity contribution in [2.75, 3.05) is 12.4 Å². The minimum atomic E-state index is -0.662. The molecular formula is C24H17BrClN3O5. The summed E-state index contributed by atoms with van der Waals surface area (Å²) >= 11 is 9.63. The third-order valence-corrected chi connectivity index (χ3v) is 5.55. The normalized spacial score (nSPS) is 10.8. The first-order valence-corrected chi connectivity index (χ1v) is 10.9. The van der Waals surface area contributed by atoms with Crippen LogP contribution < -0.4 is 14.8 Å². The number of nitrogens with one attached hydrogen (secondary N) is 1. The number of methoxy groups -OCH3 is 1. The number of amides is 1. The number of carbonyl (C=O) groups excluding carboxylic acids is 1. The van der Waals surface area contributed by atoms with Gasteiger partial charge in [0, 0.05) is 28.4 Å². The van der Waals surface area contributed by atoms with E-state index in [1.54, 1.807) is 18.2 Å². The van der Waals surface area contributed by atoms with Gasteiger partial charge in [-0.3, -0.25) is 14.9 Å². The first-order chi connectivity index (χ1) is 16.3. The van der Waals surface area contributed by atoms with Crippen LogP contribution in [-0.2, 0) is 11.4 Å². The third kappa shape index (κ3) is 6.13. The van der Waals surface area contributed by atoms with Crippen molar-refractivity contribution in [3.05, 3.63) is 97.0 Å². The summed E-state index contributed by atoms with van der Waals surface area (Å²) in [6.07, 6.45) is 1.39. The van der Waals surface area contributed by atoms with Gasteiger partial charge in [-0.2, -0.15) is 5.26 Å². The second-order valence-corrected chi connectivity index (χ2v) is 8.10. The Kier molecular flexibility index (Phi) is 8.24. The largest absolute Gasteiger partial charge is 0.493 e. The molecule has 0 radical (unpaired) electrons. The van der Waals surface area contributed by atoms with Crippen LogP contribution in [0.5, 0.6) is 11.5 Å². The van der Waals surface area contributed by atoms with Gasteiger partial charge in [-0.1, -0.05) is 29.8 Å². The Bertz CT molecular complexity index is 1300. The monoisotopic (exact) mass is 541 g/mol. The predicted molar refractivity (Wildman–Crippen MR) is 132 cm³/mol. The minimum Gasteiger partial charge on any atom is -0.493 e. The van der Waals surface area contributed by atoms with E-state index in [2.05, 4.69) is 21.2 Å². The van der Waals surface area contributed by atoms with Gasteiger partial charge in [-0.25, -0.2) is 0 Å². The number of nitro groups is 1. The first kappa shape index (κ1) is 24.8. The number of halogens is 2. The molecule has 0 saturated carbocycles. The van der Waals surface area contributed by atoms with Gasteiger partial charge in [0.2, 0.25) is 0 Å². The molecule has 172 valence electrons. The maximum Gasteiger partial charge on any atom is 0.269 e. The topological polar surface area (TPSA) is 114 Å². The number of hydrogen-bond donors (Lipinski definition) is 1. The van der Waals surface area contributed by atoms with Gasteiger partial charge >= 0.3 is 0 Å². The summed E-state index contributed by atoms with van der Waals surface area (Å²) in [4.78, 5) is 22.8. The summed E-state index contributed by atoms with van der Waals surface area (Å²) in [5.74, 6) is 0.166. The fraction of sp³-hybridized carbons (Fsp3) is 0.0833. The Morgan fingerprint density at radius 3 is 2.56 bits per heavy atom. The number of carbonyl (C=O) groups is 1. The molecule has 0 heterocycles. The van der Waals surface area contributed by atoms with E-state index in [1.807, 2.05) is 24.3 Å². The number of anilines is 1. The van der Waals surface area contributed by atoms with Gasteiger partial charge in [-0.15, -0.1) is 0 Å². The van der Waals surface area contributed by atoms with Crippen molar-refractivity contribution in [2.45, 2.75) is 6.61 Å². The van der Waals surface area contributed by atoms with Crippen LogP contribution in [0, 0.1) is 21.4 Å². The Morgan fingerprint density at radius 1 is 1.24 bits per heavy atom. The highest BCUT2D eigenvalue weighted by Crippen LogP contribution is 2.38. The molecule has 10 heteroatoms.